The second kappa shape index (κ2) is 7.30. The normalized spacial score (nSPS) is 23.7. The SMILES string of the molecule is CCCNCC1CCCC1Cc1ccc(CC)s1. The summed E-state index contributed by atoms with van der Waals surface area (Å²) in [5.74, 6) is 1.85. The van der Waals surface area contributed by atoms with Gasteiger partial charge in [-0.3, -0.25) is 0 Å². The molecule has 2 heteroatoms. The fourth-order valence-corrected chi connectivity index (χ4v) is 4.15. The van der Waals surface area contributed by atoms with Crippen molar-refractivity contribution in [3.8, 4) is 0 Å². The van der Waals surface area contributed by atoms with Crippen LogP contribution in [-0.2, 0) is 12.8 Å². The monoisotopic (exact) mass is 265 g/mol. The lowest BCUT2D eigenvalue weighted by Gasteiger charge is -2.19. The van der Waals surface area contributed by atoms with E-state index in [0.29, 0.717) is 0 Å². The van der Waals surface area contributed by atoms with Crippen LogP contribution in [0, 0.1) is 11.8 Å². The third-order valence-electron chi connectivity index (χ3n) is 4.18. The average molecular weight is 265 g/mol. The Kier molecular flexibility index (Phi) is 5.71. The van der Waals surface area contributed by atoms with Crippen LogP contribution in [0.1, 0.15) is 49.3 Å². The van der Waals surface area contributed by atoms with Crippen LogP contribution < -0.4 is 5.32 Å². The summed E-state index contributed by atoms with van der Waals surface area (Å²) >= 11 is 2.03. The number of rotatable bonds is 7. The molecule has 2 rings (SSSR count). The summed E-state index contributed by atoms with van der Waals surface area (Å²) in [7, 11) is 0. The van der Waals surface area contributed by atoms with Gasteiger partial charge in [-0.25, -0.2) is 0 Å². The first-order valence-electron chi connectivity index (χ1n) is 7.61. The van der Waals surface area contributed by atoms with Gasteiger partial charge in [0.1, 0.15) is 0 Å². The van der Waals surface area contributed by atoms with Gasteiger partial charge in [0.2, 0.25) is 0 Å². The molecular weight excluding hydrogens is 238 g/mol. The molecule has 0 aliphatic heterocycles. The predicted octanol–water partition coefficient (Wildman–Crippen LogP) is 4.27. The van der Waals surface area contributed by atoms with Crippen LogP contribution in [0.25, 0.3) is 0 Å². The van der Waals surface area contributed by atoms with Gasteiger partial charge in [-0.2, -0.15) is 0 Å². The van der Waals surface area contributed by atoms with E-state index >= 15 is 0 Å². The van der Waals surface area contributed by atoms with Crippen molar-refractivity contribution in [2.24, 2.45) is 11.8 Å². The average Bonchev–Trinajstić information content (AvgIpc) is 3.00. The number of thiophene rings is 1. The zero-order valence-corrected chi connectivity index (χ0v) is 12.7. The molecule has 1 nitrogen and oxygen atoms in total. The molecule has 18 heavy (non-hydrogen) atoms. The molecule has 0 amide bonds. The van der Waals surface area contributed by atoms with Crippen LogP contribution in [0.3, 0.4) is 0 Å². The van der Waals surface area contributed by atoms with Crippen molar-refractivity contribution in [2.45, 2.75) is 52.4 Å². The second-order valence-electron chi connectivity index (χ2n) is 5.58. The van der Waals surface area contributed by atoms with Gasteiger partial charge >= 0.3 is 0 Å². The Hall–Kier alpha value is -0.340. The summed E-state index contributed by atoms with van der Waals surface area (Å²) < 4.78 is 0. The number of aryl methyl sites for hydroxylation is 1. The fraction of sp³-hybridized carbons (Fsp3) is 0.750. The van der Waals surface area contributed by atoms with E-state index in [2.05, 4.69) is 31.3 Å². The standard InChI is InChI=1S/C16H27NS/c1-3-10-17-12-14-7-5-6-13(14)11-16-9-8-15(4-2)18-16/h8-9,13-14,17H,3-7,10-12H2,1-2H3. The van der Waals surface area contributed by atoms with E-state index in [4.69, 9.17) is 0 Å². The first-order chi connectivity index (χ1) is 8.83. The molecule has 0 radical (unpaired) electrons. The maximum absolute atomic E-state index is 3.61. The first-order valence-corrected chi connectivity index (χ1v) is 8.43. The molecule has 0 saturated heterocycles. The van der Waals surface area contributed by atoms with E-state index in [0.717, 1.165) is 11.8 Å². The fourth-order valence-electron chi connectivity index (χ4n) is 3.10. The highest BCUT2D eigenvalue weighted by Crippen LogP contribution is 2.35. The van der Waals surface area contributed by atoms with Crippen LogP contribution in [-0.4, -0.2) is 13.1 Å². The number of hydrogen-bond acceptors (Lipinski definition) is 2. The van der Waals surface area contributed by atoms with E-state index in [1.807, 2.05) is 11.3 Å². The highest BCUT2D eigenvalue weighted by atomic mass is 32.1. The lowest BCUT2D eigenvalue weighted by Crippen LogP contribution is -2.26. The van der Waals surface area contributed by atoms with Crippen molar-refractivity contribution >= 4 is 11.3 Å². The molecular formula is C16H27NS. The smallest absolute Gasteiger partial charge is 0.00510 e. The minimum Gasteiger partial charge on any atom is -0.316 e. The summed E-state index contributed by atoms with van der Waals surface area (Å²) in [6.07, 6.45) is 8.09. The van der Waals surface area contributed by atoms with E-state index in [1.165, 1.54) is 51.6 Å². The van der Waals surface area contributed by atoms with Gasteiger partial charge in [0, 0.05) is 9.75 Å². The summed E-state index contributed by atoms with van der Waals surface area (Å²) in [6.45, 7) is 6.92. The van der Waals surface area contributed by atoms with E-state index in [-0.39, 0.29) is 0 Å². The van der Waals surface area contributed by atoms with Crippen LogP contribution in [0.4, 0.5) is 0 Å². The molecule has 2 atom stereocenters. The lowest BCUT2D eigenvalue weighted by molar-refractivity contribution is 0.367. The van der Waals surface area contributed by atoms with Gasteiger partial charge in [-0.1, -0.05) is 20.3 Å². The molecule has 1 fully saturated rings. The summed E-state index contributed by atoms with van der Waals surface area (Å²) in [4.78, 5) is 3.16. The number of nitrogens with one attached hydrogen (secondary N) is 1. The molecule has 0 spiro atoms. The van der Waals surface area contributed by atoms with Gasteiger partial charge in [-0.05, 0) is 69.2 Å². The molecule has 1 saturated carbocycles. The Morgan fingerprint density at radius 2 is 1.94 bits per heavy atom. The highest BCUT2D eigenvalue weighted by molar-refractivity contribution is 7.11. The molecule has 1 aliphatic carbocycles. The molecule has 0 bridgehead atoms. The minimum atomic E-state index is 0.920. The van der Waals surface area contributed by atoms with Crippen molar-refractivity contribution in [3.63, 3.8) is 0 Å². The lowest BCUT2D eigenvalue weighted by atomic mass is 9.92. The van der Waals surface area contributed by atoms with Crippen molar-refractivity contribution in [1.29, 1.82) is 0 Å². The van der Waals surface area contributed by atoms with Gasteiger partial charge in [-0.15, -0.1) is 11.3 Å². The summed E-state index contributed by atoms with van der Waals surface area (Å²) in [5, 5.41) is 3.61. The van der Waals surface area contributed by atoms with Crippen LogP contribution in [0.5, 0.6) is 0 Å². The Labute approximate surface area is 116 Å². The topological polar surface area (TPSA) is 12.0 Å². The Morgan fingerprint density at radius 1 is 1.17 bits per heavy atom. The number of hydrogen-bond donors (Lipinski definition) is 1. The largest absolute Gasteiger partial charge is 0.316 e. The van der Waals surface area contributed by atoms with Crippen LogP contribution >= 0.6 is 11.3 Å². The van der Waals surface area contributed by atoms with E-state index in [9.17, 15) is 0 Å². The Balaban J connectivity index is 1.83. The first kappa shape index (κ1) is 14.1. The molecule has 1 N–H and O–H groups in total. The van der Waals surface area contributed by atoms with Crippen molar-refractivity contribution in [3.05, 3.63) is 21.9 Å². The van der Waals surface area contributed by atoms with Gasteiger partial charge in [0.05, 0.1) is 0 Å². The zero-order valence-electron chi connectivity index (χ0n) is 11.9. The van der Waals surface area contributed by atoms with Crippen LogP contribution in [0.2, 0.25) is 0 Å². The predicted molar refractivity (Wildman–Crippen MR) is 81.4 cm³/mol. The van der Waals surface area contributed by atoms with Crippen molar-refractivity contribution in [2.75, 3.05) is 13.1 Å². The molecule has 1 aromatic heterocycles. The van der Waals surface area contributed by atoms with Gasteiger partial charge in [0.15, 0.2) is 0 Å². The molecule has 1 heterocycles. The molecule has 1 aromatic rings. The Bertz CT molecular complexity index is 345. The Morgan fingerprint density at radius 3 is 2.67 bits per heavy atom. The molecule has 0 aromatic carbocycles. The summed E-state index contributed by atoms with van der Waals surface area (Å²) in [5.41, 5.74) is 0. The third-order valence-corrected chi connectivity index (χ3v) is 5.43. The van der Waals surface area contributed by atoms with Gasteiger partial charge in [0.25, 0.3) is 0 Å². The van der Waals surface area contributed by atoms with Gasteiger partial charge < -0.3 is 5.32 Å². The highest BCUT2D eigenvalue weighted by Gasteiger charge is 2.27. The molecule has 2 unspecified atom stereocenters. The van der Waals surface area contributed by atoms with Crippen molar-refractivity contribution in [1.82, 2.24) is 5.32 Å². The van der Waals surface area contributed by atoms with Crippen LogP contribution in [0.15, 0.2) is 12.1 Å². The third kappa shape index (κ3) is 3.83. The summed E-state index contributed by atoms with van der Waals surface area (Å²) in [6, 6.07) is 4.68. The van der Waals surface area contributed by atoms with Crippen molar-refractivity contribution < 1.29 is 0 Å². The zero-order chi connectivity index (χ0) is 12.8. The quantitative estimate of drug-likeness (QED) is 0.726. The molecule has 1 aliphatic rings. The molecule has 102 valence electrons. The van der Waals surface area contributed by atoms with E-state index < -0.39 is 0 Å². The maximum Gasteiger partial charge on any atom is 0.00510 e. The van der Waals surface area contributed by atoms with E-state index in [1.54, 1.807) is 9.75 Å². The minimum absolute atomic E-state index is 0.920. The maximum atomic E-state index is 3.61. The second-order valence-corrected chi connectivity index (χ2v) is 6.83.